The van der Waals surface area contributed by atoms with Crippen LogP contribution >= 0.6 is 25.3 Å². The Morgan fingerprint density at radius 2 is 1.92 bits per heavy atom. The molecule has 0 fully saturated rings. The summed E-state index contributed by atoms with van der Waals surface area (Å²) in [4.78, 5) is 10.7. The first-order chi connectivity index (χ1) is 5.70. The zero-order valence-electron chi connectivity index (χ0n) is 6.47. The number of hydrogen-bond acceptors (Lipinski definition) is 2. The molecule has 0 aromatic heterocycles. The van der Waals surface area contributed by atoms with Crippen molar-refractivity contribution in [2.45, 2.75) is 11.7 Å². The first-order valence-electron chi connectivity index (χ1n) is 3.65. The molecule has 1 rings (SSSR count). The Balaban J connectivity index is 2.58. The van der Waals surface area contributed by atoms with Gasteiger partial charge in [0.2, 0.25) is 0 Å². The Labute approximate surface area is 83.0 Å². The summed E-state index contributed by atoms with van der Waals surface area (Å²) in [6, 6.07) is 9.77. The Hall–Kier alpha value is -0.410. The molecule has 1 nitrogen and oxygen atoms in total. The number of benzene rings is 1. The zero-order chi connectivity index (χ0) is 8.97. The van der Waals surface area contributed by atoms with Crippen LogP contribution in [0.15, 0.2) is 30.3 Å². The highest BCUT2D eigenvalue weighted by atomic mass is 32.1. The molecule has 3 heteroatoms. The molecule has 1 atom stereocenters. The van der Waals surface area contributed by atoms with E-state index in [1.54, 1.807) is 0 Å². The fraction of sp³-hybridized carbons (Fsp3) is 0.222. The second kappa shape index (κ2) is 4.58. The summed E-state index contributed by atoms with van der Waals surface area (Å²) in [7, 11) is 0. The molecule has 0 saturated carbocycles. The Morgan fingerprint density at radius 1 is 1.33 bits per heavy atom. The second-order valence-corrected chi connectivity index (χ2v) is 3.61. The highest BCUT2D eigenvalue weighted by Gasteiger charge is 2.09. The SMILES string of the molecule is O=C(S)C(S)Cc1ccccc1. The largest absolute Gasteiger partial charge is 0.286 e. The molecule has 0 aliphatic rings. The van der Waals surface area contributed by atoms with Crippen LogP contribution in [0.5, 0.6) is 0 Å². The van der Waals surface area contributed by atoms with Crippen LogP contribution in [-0.2, 0) is 11.2 Å². The number of carbonyl (C=O) groups is 1. The monoisotopic (exact) mass is 198 g/mol. The Bertz CT molecular complexity index is 258. The van der Waals surface area contributed by atoms with Gasteiger partial charge in [-0.15, -0.1) is 12.6 Å². The first-order valence-corrected chi connectivity index (χ1v) is 4.61. The lowest BCUT2D eigenvalue weighted by Crippen LogP contribution is -2.11. The molecule has 1 unspecified atom stereocenters. The maximum Gasteiger partial charge on any atom is 0.198 e. The third kappa shape index (κ3) is 2.91. The number of hydrogen-bond donors (Lipinski definition) is 2. The fourth-order valence-electron chi connectivity index (χ4n) is 0.925. The fourth-order valence-corrected chi connectivity index (χ4v) is 1.23. The van der Waals surface area contributed by atoms with E-state index in [-0.39, 0.29) is 10.4 Å². The van der Waals surface area contributed by atoms with Crippen LogP contribution in [0, 0.1) is 0 Å². The lowest BCUT2D eigenvalue weighted by Gasteiger charge is -2.04. The third-order valence-electron chi connectivity index (χ3n) is 1.56. The van der Waals surface area contributed by atoms with Gasteiger partial charge in [0.15, 0.2) is 5.12 Å². The minimum atomic E-state index is -0.296. The molecule has 0 aliphatic carbocycles. The zero-order valence-corrected chi connectivity index (χ0v) is 8.26. The van der Waals surface area contributed by atoms with Crippen LogP contribution in [0.2, 0.25) is 0 Å². The van der Waals surface area contributed by atoms with E-state index < -0.39 is 0 Å². The average Bonchev–Trinajstić information content (AvgIpc) is 2.06. The molecule has 0 amide bonds. The van der Waals surface area contributed by atoms with Crippen LogP contribution in [0.4, 0.5) is 0 Å². The van der Waals surface area contributed by atoms with Gasteiger partial charge in [-0.25, -0.2) is 0 Å². The predicted octanol–water partition coefficient (Wildman–Crippen LogP) is 1.98. The molecule has 0 spiro atoms. The molecule has 1 aromatic carbocycles. The summed E-state index contributed by atoms with van der Waals surface area (Å²) < 4.78 is 0. The molecule has 0 bridgehead atoms. The number of carbonyl (C=O) groups excluding carboxylic acids is 1. The first kappa shape index (κ1) is 9.68. The quantitative estimate of drug-likeness (QED) is 0.710. The van der Waals surface area contributed by atoms with Crippen molar-refractivity contribution >= 4 is 30.4 Å². The van der Waals surface area contributed by atoms with Crippen LogP contribution in [0.3, 0.4) is 0 Å². The van der Waals surface area contributed by atoms with Gasteiger partial charge in [0.25, 0.3) is 0 Å². The van der Waals surface area contributed by atoms with Gasteiger partial charge in [0.05, 0.1) is 5.25 Å². The maximum atomic E-state index is 10.7. The molecular weight excluding hydrogens is 188 g/mol. The molecule has 0 aliphatic heterocycles. The van der Waals surface area contributed by atoms with Crippen molar-refractivity contribution in [1.82, 2.24) is 0 Å². The van der Waals surface area contributed by atoms with Crippen molar-refractivity contribution in [3.05, 3.63) is 35.9 Å². The van der Waals surface area contributed by atoms with E-state index in [1.165, 1.54) is 0 Å². The molecular formula is C9H10OS2. The summed E-state index contributed by atoms with van der Waals surface area (Å²) in [5, 5.41) is -0.474. The van der Waals surface area contributed by atoms with Gasteiger partial charge in [-0.2, -0.15) is 12.6 Å². The van der Waals surface area contributed by atoms with Crippen molar-refractivity contribution in [2.75, 3.05) is 0 Å². The highest BCUT2D eigenvalue weighted by Crippen LogP contribution is 2.09. The molecule has 0 radical (unpaired) electrons. The number of rotatable bonds is 3. The Kier molecular flexibility index (Phi) is 3.69. The smallest absolute Gasteiger partial charge is 0.198 e. The summed E-state index contributed by atoms with van der Waals surface area (Å²) >= 11 is 7.82. The topological polar surface area (TPSA) is 17.1 Å². The molecule has 12 heavy (non-hydrogen) atoms. The van der Waals surface area contributed by atoms with E-state index in [4.69, 9.17) is 0 Å². The minimum Gasteiger partial charge on any atom is -0.286 e. The summed E-state index contributed by atoms with van der Waals surface area (Å²) in [5.74, 6) is 0. The minimum absolute atomic E-state index is 0.179. The normalized spacial score (nSPS) is 12.5. The van der Waals surface area contributed by atoms with Gasteiger partial charge in [0, 0.05) is 0 Å². The van der Waals surface area contributed by atoms with Crippen LogP contribution in [0.25, 0.3) is 0 Å². The van der Waals surface area contributed by atoms with Crippen molar-refractivity contribution in [1.29, 1.82) is 0 Å². The molecule has 0 saturated heterocycles. The van der Waals surface area contributed by atoms with E-state index in [0.717, 1.165) is 5.56 Å². The second-order valence-electron chi connectivity index (χ2n) is 2.54. The predicted molar refractivity (Wildman–Crippen MR) is 56.9 cm³/mol. The van der Waals surface area contributed by atoms with E-state index in [0.29, 0.717) is 6.42 Å². The van der Waals surface area contributed by atoms with E-state index in [2.05, 4.69) is 25.3 Å². The van der Waals surface area contributed by atoms with E-state index >= 15 is 0 Å². The average molecular weight is 198 g/mol. The standard InChI is InChI=1S/C9H10OS2/c10-9(12)8(11)6-7-4-2-1-3-5-7/h1-5,8,11H,6H2,(H,10,12). The van der Waals surface area contributed by atoms with Crippen LogP contribution in [0.1, 0.15) is 5.56 Å². The number of thiol groups is 2. The third-order valence-corrected chi connectivity index (χ3v) is 2.49. The molecule has 64 valence electrons. The summed E-state index contributed by atoms with van der Waals surface area (Å²) in [5.41, 5.74) is 1.11. The van der Waals surface area contributed by atoms with Crippen molar-refractivity contribution in [3.63, 3.8) is 0 Å². The van der Waals surface area contributed by atoms with Gasteiger partial charge in [-0.3, -0.25) is 4.79 Å². The van der Waals surface area contributed by atoms with E-state index in [9.17, 15) is 4.79 Å². The summed E-state index contributed by atoms with van der Waals surface area (Å²) in [6.45, 7) is 0. The van der Waals surface area contributed by atoms with Gasteiger partial charge in [0.1, 0.15) is 0 Å². The maximum absolute atomic E-state index is 10.7. The lowest BCUT2D eigenvalue weighted by atomic mass is 10.1. The van der Waals surface area contributed by atoms with Gasteiger partial charge < -0.3 is 0 Å². The summed E-state index contributed by atoms with van der Waals surface area (Å²) in [6.07, 6.45) is 0.645. The van der Waals surface area contributed by atoms with E-state index in [1.807, 2.05) is 30.3 Å². The Morgan fingerprint density at radius 3 is 2.42 bits per heavy atom. The van der Waals surface area contributed by atoms with Crippen molar-refractivity contribution in [3.8, 4) is 0 Å². The van der Waals surface area contributed by atoms with Crippen molar-refractivity contribution < 1.29 is 4.79 Å². The molecule has 1 aromatic rings. The van der Waals surface area contributed by atoms with Crippen LogP contribution < -0.4 is 0 Å². The van der Waals surface area contributed by atoms with Crippen LogP contribution in [-0.4, -0.2) is 10.4 Å². The lowest BCUT2D eigenvalue weighted by molar-refractivity contribution is -0.110. The van der Waals surface area contributed by atoms with Crippen molar-refractivity contribution in [2.24, 2.45) is 0 Å². The molecule has 0 N–H and O–H groups in total. The highest BCUT2D eigenvalue weighted by molar-refractivity contribution is 7.99. The van der Waals surface area contributed by atoms with Gasteiger partial charge >= 0.3 is 0 Å². The molecule has 0 heterocycles. The van der Waals surface area contributed by atoms with Gasteiger partial charge in [-0.05, 0) is 12.0 Å². The van der Waals surface area contributed by atoms with Gasteiger partial charge in [-0.1, -0.05) is 30.3 Å².